The average molecular weight is 414 g/mol. The van der Waals surface area contributed by atoms with Crippen molar-refractivity contribution in [3.05, 3.63) is 59.3 Å². The zero-order valence-corrected chi connectivity index (χ0v) is 17.1. The van der Waals surface area contributed by atoms with Crippen LogP contribution in [0.5, 0.6) is 5.75 Å². The van der Waals surface area contributed by atoms with Gasteiger partial charge in [0, 0.05) is 36.1 Å². The maximum atomic E-state index is 13.2. The van der Waals surface area contributed by atoms with Gasteiger partial charge in [-0.25, -0.2) is 13.2 Å². The number of aromatic nitrogens is 1. The van der Waals surface area contributed by atoms with Crippen LogP contribution in [0, 0.1) is 0 Å². The standard InChI is InChI=1S/C21H22N2O5S/c1-3-28-21(24)14-4-7-16(8-5-14)29(25,26)23-11-10-20-18(13-23)17-12-15(27-2)6-9-19(17)22-20/h4-9,12,22H,3,10-11,13H2,1-2H3. The summed E-state index contributed by atoms with van der Waals surface area (Å²) in [6.45, 7) is 2.66. The lowest BCUT2D eigenvalue weighted by molar-refractivity contribution is 0.0526. The maximum absolute atomic E-state index is 13.2. The number of esters is 1. The highest BCUT2D eigenvalue weighted by Crippen LogP contribution is 2.32. The van der Waals surface area contributed by atoms with E-state index in [4.69, 9.17) is 9.47 Å². The zero-order chi connectivity index (χ0) is 20.6. The summed E-state index contributed by atoms with van der Waals surface area (Å²) in [5, 5.41) is 0.969. The number of aromatic amines is 1. The Bertz CT molecular complexity index is 1170. The van der Waals surface area contributed by atoms with Crippen molar-refractivity contribution in [2.45, 2.75) is 24.8 Å². The molecular weight excluding hydrogens is 392 g/mol. The number of H-pyrrole nitrogens is 1. The largest absolute Gasteiger partial charge is 0.497 e. The minimum absolute atomic E-state index is 0.159. The lowest BCUT2D eigenvalue weighted by Gasteiger charge is -2.26. The van der Waals surface area contributed by atoms with Gasteiger partial charge in [0.25, 0.3) is 0 Å². The van der Waals surface area contributed by atoms with Crippen LogP contribution in [0.4, 0.5) is 0 Å². The third-order valence-electron chi connectivity index (χ3n) is 5.15. The first kappa shape index (κ1) is 19.5. The Morgan fingerprint density at radius 2 is 1.93 bits per heavy atom. The number of hydrogen-bond donors (Lipinski definition) is 1. The van der Waals surface area contributed by atoms with E-state index in [2.05, 4.69) is 4.98 Å². The number of carbonyl (C=O) groups is 1. The normalized spacial score (nSPS) is 14.6. The summed E-state index contributed by atoms with van der Waals surface area (Å²) in [4.78, 5) is 15.3. The predicted molar refractivity (Wildman–Crippen MR) is 109 cm³/mol. The third kappa shape index (κ3) is 3.49. The topological polar surface area (TPSA) is 88.7 Å². The molecule has 29 heavy (non-hydrogen) atoms. The van der Waals surface area contributed by atoms with E-state index in [1.165, 1.54) is 28.6 Å². The maximum Gasteiger partial charge on any atom is 0.338 e. The molecule has 0 spiro atoms. The molecule has 1 N–H and O–H groups in total. The van der Waals surface area contributed by atoms with Crippen LogP contribution in [0.15, 0.2) is 47.4 Å². The molecule has 0 unspecified atom stereocenters. The second-order valence-corrected chi connectivity index (χ2v) is 8.76. The second kappa shape index (κ2) is 7.53. The molecule has 0 saturated carbocycles. The molecule has 0 radical (unpaired) electrons. The smallest absolute Gasteiger partial charge is 0.338 e. The van der Waals surface area contributed by atoms with Gasteiger partial charge in [-0.2, -0.15) is 4.31 Å². The van der Waals surface area contributed by atoms with E-state index in [9.17, 15) is 13.2 Å². The quantitative estimate of drug-likeness (QED) is 0.648. The number of fused-ring (bicyclic) bond motifs is 3. The number of rotatable bonds is 5. The van der Waals surface area contributed by atoms with E-state index >= 15 is 0 Å². The van der Waals surface area contributed by atoms with Crippen molar-refractivity contribution in [2.24, 2.45) is 0 Å². The van der Waals surface area contributed by atoms with Crippen LogP contribution >= 0.6 is 0 Å². The number of benzene rings is 2. The molecule has 7 nitrogen and oxygen atoms in total. The zero-order valence-electron chi connectivity index (χ0n) is 16.3. The van der Waals surface area contributed by atoms with Gasteiger partial charge in [-0.1, -0.05) is 0 Å². The molecule has 4 rings (SSSR count). The van der Waals surface area contributed by atoms with Gasteiger partial charge in [0.15, 0.2) is 0 Å². The molecule has 0 aliphatic carbocycles. The fourth-order valence-corrected chi connectivity index (χ4v) is 5.04. The Hall–Kier alpha value is -2.84. The first-order valence-electron chi connectivity index (χ1n) is 9.39. The van der Waals surface area contributed by atoms with Gasteiger partial charge in [0.2, 0.25) is 10.0 Å². The molecule has 0 atom stereocenters. The van der Waals surface area contributed by atoms with E-state index in [-0.39, 0.29) is 18.0 Å². The van der Waals surface area contributed by atoms with Gasteiger partial charge in [0.05, 0.1) is 24.2 Å². The predicted octanol–water partition coefficient (Wildman–Crippen LogP) is 3.10. The number of methoxy groups -OCH3 is 1. The van der Waals surface area contributed by atoms with Crippen LogP contribution in [-0.4, -0.2) is 43.9 Å². The molecule has 8 heteroatoms. The minimum atomic E-state index is -3.69. The highest BCUT2D eigenvalue weighted by molar-refractivity contribution is 7.89. The lowest BCUT2D eigenvalue weighted by Crippen LogP contribution is -2.35. The summed E-state index contributed by atoms with van der Waals surface area (Å²) in [7, 11) is -2.08. The summed E-state index contributed by atoms with van der Waals surface area (Å²) in [6.07, 6.45) is 0.604. The van der Waals surface area contributed by atoms with Crippen molar-refractivity contribution < 1.29 is 22.7 Å². The molecule has 1 aliphatic rings. The molecule has 0 bridgehead atoms. The lowest BCUT2D eigenvalue weighted by atomic mass is 10.1. The number of carbonyl (C=O) groups excluding carboxylic acids is 1. The highest BCUT2D eigenvalue weighted by Gasteiger charge is 2.30. The van der Waals surface area contributed by atoms with E-state index in [1.54, 1.807) is 14.0 Å². The molecule has 1 aliphatic heterocycles. The number of hydrogen-bond acceptors (Lipinski definition) is 5. The number of ether oxygens (including phenoxy) is 2. The Labute approximate surface area is 169 Å². The molecule has 0 fully saturated rings. The summed E-state index contributed by atoms with van der Waals surface area (Å²) in [5.74, 6) is 0.264. The van der Waals surface area contributed by atoms with Gasteiger partial charge < -0.3 is 14.5 Å². The van der Waals surface area contributed by atoms with Crippen molar-refractivity contribution in [3.63, 3.8) is 0 Å². The fourth-order valence-electron chi connectivity index (χ4n) is 3.63. The third-order valence-corrected chi connectivity index (χ3v) is 7.01. The molecule has 1 aromatic heterocycles. The SMILES string of the molecule is CCOC(=O)c1ccc(S(=O)(=O)N2CCc3[nH]c4ccc(OC)cc4c3C2)cc1. The molecular formula is C21H22N2O5S. The molecule has 2 aromatic carbocycles. The van der Waals surface area contributed by atoms with E-state index < -0.39 is 16.0 Å². The highest BCUT2D eigenvalue weighted by atomic mass is 32.2. The Kier molecular flexibility index (Phi) is 5.06. The number of nitrogens with one attached hydrogen (secondary N) is 1. The van der Waals surface area contributed by atoms with Gasteiger partial charge in [-0.15, -0.1) is 0 Å². The van der Waals surface area contributed by atoms with Gasteiger partial charge >= 0.3 is 5.97 Å². The summed E-state index contributed by atoms with van der Waals surface area (Å²) in [5.41, 5.74) is 3.32. The van der Waals surface area contributed by atoms with Crippen LogP contribution in [0.1, 0.15) is 28.5 Å². The number of sulfonamides is 1. The van der Waals surface area contributed by atoms with E-state index in [0.29, 0.717) is 18.5 Å². The van der Waals surface area contributed by atoms with Crippen LogP contribution in [0.2, 0.25) is 0 Å². The average Bonchev–Trinajstić information content (AvgIpc) is 3.11. The summed E-state index contributed by atoms with van der Waals surface area (Å²) in [6, 6.07) is 11.6. The van der Waals surface area contributed by atoms with Crippen molar-refractivity contribution in [1.29, 1.82) is 0 Å². The molecule has 3 aromatic rings. The van der Waals surface area contributed by atoms with E-state index in [0.717, 1.165) is 27.9 Å². The van der Waals surface area contributed by atoms with E-state index in [1.807, 2.05) is 18.2 Å². The van der Waals surface area contributed by atoms with Crippen LogP contribution in [-0.2, 0) is 27.7 Å². The first-order valence-corrected chi connectivity index (χ1v) is 10.8. The Morgan fingerprint density at radius 1 is 1.17 bits per heavy atom. The monoisotopic (exact) mass is 414 g/mol. The van der Waals surface area contributed by atoms with Crippen LogP contribution in [0.25, 0.3) is 10.9 Å². The Morgan fingerprint density at radius 3 is 2.62 bits per heavy atom. The molecule has 152 valence electrons. The van der Waals surface area contributed by atoms with Crippen LogP contribution < -0.4 is 4.74 Å². The summed E-state index contributed by atoms with van der Waals surface area (Å²) < 4.78 is 38.1. The Balaban J connectivity index is 1.63. The molecule has 2 heterocycles. The fraction of sp³-hybridized carbons (Fsp3) is 0.286. The minimum Gasteiger partial charge on any atom is -0.497 e. The van der Waals surface area contributed by atoms with Crippen molar-refractivity contribution in [2.75, 3.05) is 20.3 Å². The number of nitrogens with zero attached hydrogens (tertiary/aromatic N) is 1. The first-order chi connectivity index (χ1) is 13.9. The van der Waals surface area contributed by atoms with Gasteiger partial charge in [-0.3, -0.25) is 0 Å². The summed E-state index contributed by atoms with van der Waals surface area (Å²) >= 11 is 0. The van der Waals surface area contributed by atoms with Crippen molar-refractivity contribution in [1.82, 2.24) is 9.29 Å². The van der Waals surface area contributed by atoms with Crippen molar-refractivity contribution >= 4 is 26.9 Å². The van der Waals surface area contributed by atoms with Crippen molar-refractivity contribution in [3.8, 4) is 5.75 Å². The molecule has 0 amide bonds. The van der Waals surface area contributed by atoms with Gasteiger partial charge in [0.1, 0.15) is 5.75 Å². The second-order valence-electron chi connectivity index (χ2n) is 6.83. The molecule has 0 saturated heterocycles. The van der Waals surface area contributed by atoms with Crippen LogP contribution in [0.3, 0.4) is 0 Å². The van der Waals surface area contributed by atoms with Gasteiger partial charge in [-0.05, 0) is 55.0 Å².